The zero-order chi connectivity index (χ0) is 14.8. The molecule has 3 nitrogen and oxygen atoms in total. The largest absolute Gasteiger partial charge is 0.497 e. The lowest BCUT2D eigenvalue weighted by molar-refractivity contribution is 0.148. The minimum atomic E-state index is -0.107. The Morgan fingerprint density at radius 2 is 2.15 bits per heavy atom. The van der Waals surface area contributed by atoms with Crippen molar-refractivity contribution in [1.29, 1.82) is 0 Å². The Morgan fingerprint density at radius 3 is 2.75 bits per heavy atom. The minimum Gasteiger partial charge on any atom is -0.497 e. The van der Waals surface area contributed by atoms with Crippen LogP contribution in [0.1, 0.15) is 33.1 Å². The predicted octanol–water partition coefficient (Wildman–Crippen LogP) is 3.32. The Bertz CT molecular complexity index is 380. The van der Waals surface area contributed by atoms with Gasteiger partial charge in [0.1, 0.15) is 5.75 Å². The summed E-state index contributed by atoms with van der Waals surface area (Å²) in [6.07, 6.45) is 3.05. The van der Waals surface area contributed by atoms with Crippen LogP contribution in [0, 0.1) is 0 Å². The molecule has 1 atom stereocenters. The van der Waals surface area contributed by atoms with Gasteiger partial charge in [-0.3, -0.25) is 0 Å². The van der Waals surface area contributed by atoms with Gasteiger partial charge in [0, 0.05) is 10.4 Å². The van der Waals surface area contributed by atoms with E-state index in [9.17, 15) is 5.11 Å². The molecule has 0 fully saturated rings. The molecule has 1 aromatic rings. The van der Waals surface area contributed by atoms with Crippen LogP contribution >= 0.6 is 11.8 Å². The predicted molar refractivity (Wildman–Crippen MR) is 86.7 cm³/mol. The Morgan fingerprint density at radius 1 is 1.35 bits per heavy atom. The van der Waals surface area contributed by atoms with Crippen molar-refractivity contribution in [3.05, 3.63) is 24.3 Å². The highest BCUT2D eigenvalue weighted by Gasteiger charge is 2.25. The van der Waals surface area contributed by atoms with Crippen LogP contribution in [0.4, 0.5) is 0 Å². The molecule has 0 aliphatic rings. The summed E-state index contributed by atoms with van der Waals surface area (Å²) in [6.45, 7) is 5.33. The summed E-state index contributed by atoms with van der Waals surface area (Å²) in [6, 6.07) is 8.15. The Hall–Kier alpha value is -0.710. The first kappa shape index (κ1) is 17.3. The van der Waals surface area contributed by atoms with Crippen LogP contribution in [-0.4, -0.2) is 36.7 Å². The van der Waals surface area contributed by atoms with Gasteiger partial charge in [0.05, 0.1) is 13.7 Å². The van der Waals surface area contributed by atoms with Crippen molar-refractivity contribution < 1.29 is 9.84 Å². The number of benzene rings is 1. The van der Waals surface area contributed by atoms with Gasteiger partial charge in [-0.1, -0.05) is 19.9 Å². The highest BCUT2D eigenvalue weighted by atomic mass is 32.2. The number of methoxy groups -OCH3 is 1. The van der Waals surface area contributed by atoms with Gasteiger partial charge < -0.3 is 15.2 Å². The quantitative estimate of drug-likeness (QED) is 0.513. The summed E-state index contributed by atoms with van der Waals surface area (Å²) in [7, 11) is 1.69. The third-order valence-corrected chi connectivity index (χ3v) is 4.72. The van der Waals surface area contributed by atoms with E-state index in [0.29, 0.717) is 0 Å². The molecule has 0 bridgehead atoms. The molecule has 0 radical (unpaired) electrons. The van der Waals surface area contributed by atoms with Crippen molar-refractivity contribution in [1.82, 2.24) is 5.32 Å². The summed E-state index contributed by atoms with van der Waals surface area (Å²) in [5, 5.41) is 13.0. The molecule has 0 aliphatic heterocycles. The van der Waals surface area contributed by atoms with E-state index in [1.54, 1.807) is 7.11 Å². The van der Waals surface area contributed by atoms with Gasteiger partial charge in [0.15, 0.2) is 0 Å². The Balaban J connectivity index is 2.39. The van der Waals surface area contributed by atoms with Crippen molar-refractivity contribution in [2.75, 3.05) is 26.0 Å². The fourth-order valence-electron chi connectivity index (χ4n) is 2.30. The molecule has 0 aliphatic carbocycles. The van der Waals surface area contributed by atoms with E-state index in [1.807, 2.05) is 23.9 Å². The van der Waals surface area contributed by atoms with Crippen molar-refractivity contribution in [3.63, 3.8) is 0 Å². The summed E-state index contributed by atoms with van der Waals surface area (Å²) >= 11 is 1.84. The molecule has 0 saturated carbocycles. The van der Waals surface area contributed by atoms with E-state index >= 15 is 0 Å². The summed E-state index contributed by atoms with van der Waals surface area (Å²) < 4.78 is 5.23. The first-order chi connectivity index (χ1) is 9.69. The molecule has 4 heteroatoms. The molecular formula is C16H27NO2S. The third kappa shape index (κ3) is 5.35. The molecule has 114 valence electrons. The van der Waals surface area contributed by atoms with Crippen LogP contribution in [0.15, 0.2) is 29.2 Å². The van der Waals surface area contributed by atoms with Crippen LogP contribution in [0.5, 0.6) is 5.75 Å². The summed E-state index contributed by atoms with van der Waals surface area (Å²) in [4.78, 5) is 1.24. The first-order valence-electron chi connectivity index (χ1n) is 7.32. The molecule has 1 rings (SSSR count). The monoisotopic (exact) mass is 297 g/mol. The van der Waals surface area contributed by atoms with E-state index in [2.05, 4.69) is 31.3 Å². The standard InChI is InChI=1S/C16H27NO2S/c1-4-16(13-18,17-5-2)10-7-11-20-15-9-6-8-14(12-15)19-3/h6,8-9,12,17-18H,4-5,7,10-11,13H2,1-3H3. The lowest BCUT2D eigenvalue weighted by Crippen LogP contribution is -2.48. The lowest BCUT2D eigenvalue weighted by Gasteiger charge is -2.31. The zero-order valence-electron chi connectivity index (χ0n) is 12.8. The number of ether oxygens (including phenoxy) is 1. The third-order valence-electron chi connectivity index (χ3n) is 3.64. The van der Waals surface area contributed by atoms with Gasteiger partial charge in [-0.15, -0.1) is 11.8 Å². The average Bonchev–Trinajstić information content (AvgIpc) is 2.50. The Labute approximate surface area is 127 Å². The molecule has 0 aromatic heterocycles. The number of thioether (sulfide) groups is 1. The number of aliphatic hydroxyl groups excluding tert-OH is 1. The van der Waals surface area contributed by atoms with E-state index < -0.39 is 0 Å². The normalized spacial score (nSPS) is 14.0. The molecule has 0 saturated heterocycles. The first-order valence-corrected chi connectivity index (χ1v) is 8.31. The maximum absolute atomic E-state index is 9.61. The molecule has 2 N–H and O–H groups in total. The highest BCUT2D eigenvalue weighted by molar-refractivity contribution is 7.99. The van der Waals surface area contributed by atoms with Gasteiger partial charge in [-0.2, -0.15) is 0 Å². The van der Waals surface area contributed by atoms with E-state index in [-0.39, 0.29) is 12.1 Å². The number of aliphatic hydroxyl groups is 1. The van der Waals surface area contributed by atoms with Crippen LogP contribution in [-0.2, 0) is 0 Å². The van der Waals surface area contributed by atoms with Crippen molar-refractivity contribution in [2.24, 2.45) is 0 Å². The second-order valence-corrected chi connectivity index (χ2v) is 6.12. The fraction of sp³-hybridized carbons (Fsp3) is 0.625. The zero-order valence-corrected chi connectivity index (χ0v) is 13.6. The van der Waals surface area contributed by atoms with Crippen molar-refractivity contribution >= 4 is 11.8 Å². The maximum atomic E-state index is 9.61. The van der Waals surface area contributed by atoms with Crippen LogP contribution in [0.2, 0.25) is 0 Å². The van der Waals surface area contributed by atoms with E-state index in [1.165, 1.54) is 4.90 Å². The van der Waals surface area contributed by atoms with Gasteiger partial charge in [-0.25, -0.2) is 0 Å². The summed E-state index contributed by atoms with van der Waals surface area (Å²) in [5.74, 6) is 1.96. The smallest absolute Gasteiger partial charge is 0.119 e. The number of hydrogen-bond donors (Lipinski definition) is 2. The molecule has 0 amide bonds. The highest BCUT2D eigenvalue weighted by Crippen LogP contribution is 2.25. The van der Waals surface area contributed by atoms with Crippen LogP contribution in [0.25, 0.3) is 0 Å². The number of likely N-dealkylation sites (N-methyl/N-ethyl adjacent to an activating group) is 1. The van der Waals surface area contributed by atoms with E-state index in [0.717, 1.165) is 37.3 Å². The fourth-order valence-corrected chi connectivity index (χ4v) is 3.20. The van der Waals surface area contributed by atoms with Gasteiger partial charge in [0.2, 0.25) is 0 Å². The second kappa shape index (κ2) is 9.27. The molecule has 1 unspecified atom stereocenters. The maximum Gasteiger partial charge on any atom is 0.119 e. The number of hydrogen-bond acceptors (Lipinski definition) is 4. The minimum absolute atomic E-state index is 0.107. The van der Waals surface area contributed by atoms with Crippen LogP contribution in [0.3, 0.4) is 0 Å². The lowest BCUT2D eigenvalue weighted by atomic mass is 9.91. The summed E-state index contributed by atoms with van der Waals surface area (Å²) in [5.41, 5.74) is -0.107. The number of nitrogens with one attached hydrogen (secondary N) is 1. The number of rotatable bonds is 10. The SMILES string of the molecule is CCNC(CC)(CO)CCCSc1cccc(OC)c1. The molecule has 20 heavy (non-hydrogen) atoms. The Kier molecular flexibility index (Phi) is 8.04. The van der Waals surface area contributed by atoms with Gasteiger partial charge in [0.25, 0.3) is 0 Å². The van der Waals surface area contributed by atoms with E-state index in [4.69, 9.17) is 4.74 Å². The van der Waals surface area contributed by atoms with Crippen molar-refractivity contribution in [3.8, 4) is 5.75 Å². The molecule has 0 spiro atoms. The van der Waals surface area contributed by atoms with Crippen molar-refractivity contribution in [2.45, 2.75) is 43.5 Å². The topological polar surface area (TPSA) is 41.5 Å². The average molecular weight is 297 g/mol. The molecular weight excluding hydrogens is 270 g/mol. The molecule has 0 heterocycles. The second-order valence-electron chi connectivity index (χ2n) is 4.95. The van der Waals surface area contributed by atoms with Crippen LogP contribution < -0.4 is 10.1 Å². The molecule has 1 aromatic carbocycles. The van der Waals surface area contributed by atoms with Gasteiger partial charge >= 0.3 is 0 Å². The van der Waals surface area contributed by atoms with Gasteiger partial charge in [-0.05, 0) is 49.8 Å².